The Kier molecular flexibility index (Phi) is 398. The Morgan fingerprint density at radius 1 is 0.667 bits per heavy atom. The molecule has 6 heavy (non-hydrogen) atoms. The van der Waals surface area contributed by atoms with Crippen molar-refractivity contribution >= 4 is 61.2 Å². The summed E-state index contributed by atoms with van der Waals surface area (Å²) in [7, 11) is 0. The topological polar surface area (TPSA) is 0 Å². The van der Waals surface area contributed by atoms with Gasteiger partial charge in [-0.05, 0) is 0 Å². The van der Waals surface area contributed by atoms with E-state index in [0.29, 0.717) is 0 Å². The van der Waals surface area contributed by atoms with Gasteiger partial charge in [0.2, 0.25) is 0 Å². The van der Waals surface area contributed by atoms with E-state index in [1.165, 1.54) is 0 Å². The maximum Gasteiger partial charge on any atom is 0 e. The summed E-state index contributed by atoms with van der Waals surface area (Å²) in [5.41, 5.74) is 0. The highest BCUT2D eigenvalue weighted by Gasteiger charge is 1.00. The van der Waals surface area contributed by atoms with Crippen molar-refractivity contribution < 1.29 is 0 Å². The maximum atomic E-state index is 2.12. The van der Waals surface area contributed by atoms with Crippen LogP contribution in [-0.4, -0.2) is 0 Å². The Hall–Kier alpha value is 2.19. The van der Waals surface area contributed by atoms with Crippen LogP contribution in [0.25, 0.3) is 0 Å². The van der Waals surface area contributed by atoms with Gasteiger partial charge in [0.1, 0.15) is 0 Å². The first-order chi connectivity index (χ1) is 1.00. The third kappa shape index (κ3) is 34.8. The fourth-order valence-corrected chi connectivity index (χ4v) is 0. The molecule has 0 fully saturated rings. The second-order valence-electron chi connectivity index (χ2n) is 0. The molecule has 0 saturated carbocycles. The van der Waals surface area contributed by atoms with Gasteiger partial charge in [0.15, 0.2) is 0 Å². The molecule has 0 aliphatic rings. The van der Waals surface area contributed by atoms with Crippen LogP contribution in [0, 0.1) is 0 Å². The molecule has 0 rings (SSSR count). The second kappa shape index (κ2) is 57.4. The summed E-state index contributed by atoms with van der Waals surface area (Å²) < 4.78 is 0. The van der Waals surface area contributed by atoms with Gasteiger partial charge in [-0.3, -0.25) is 0 Å². The van der Waals surface area contributed by atoms with E-state index in [1.54, 1.807) is 0 Å². The third-order valence-electron chi connectivity index (χ3n) is 0. The van der Waals surface area contributed by atoms with E-state index in [2.05, 4.69) is 37.2 Å². The Bertz CT molecular complexity index is 6.00. The smallest absolute Gasteiger partial charge is 0 e. The van der Waals surface area contributed by atoms with Gasteiger partial charge in [0.05, 0.1) is 0 Å². The monoisotopic (exact) mass is 430 g/mol. The summed E-state index contributed by atoms with van der Waals surface area (Å²) in [6, 6.07) is 0. The normalized spacial score (nSPS) is 1.00. The minimum absolute atomic E-state index is 0. The van der Waals surface area contributed by atoms with Crippen molar-refractivity contribution in [2.45, 2.75) is 22.3 Å². The molecule has 0 aromatic rings. The van der Waals surface area contributed by atoms with Gasteiger partial charge in [0.25, 0.3) is 0 Å². The highest BCUT2D eigenvalue weighted by Crippen LogP contribution is 1.89. The van der Waals surface area contributed by atoms with Crippen molar-refractivity contribution in [3.05, 3.63) is 0 Å². The van der Waals surface area contributed by atoms with E-state index < -0.39 is 0 Å². The minimum atomic E-state index is 0. The lowest BCUT2D eigenvalue weighted by Gasteiger charge is -1.00. The molecule has 0 bridgehead atoms. The van der Waals surface area contributed by atoms with E-state index in [4.69, 9.17) is 0 Å². The van der Waals surface area contributed by atoms with Crippen LogP contribution in [0.2, 0.25) is 0 Å². The van der Waals surface area contributed by atoms with Crippen molar-refractivity contribution in [1.82, 2.24) is 0 Å². The average Bonchev–Trinajstić information content (AvgIpc) is 1.00. The molecule has 0 radical (unpaired) electrons. The first-order valence-electron chi connectivity index (χ1n) is 0.143. The predicted molar refractivity (Wildman–Crippen MR) is 63.6 cm³/mol. The van der Waals surface area contributed by atoms with Crippen LogP contribution in [-0.2, 0) is 0 Å². The van der Waals surface area contributed by atoms with Crippen LogP contribution < -0.4 is 0 Å². The van der Waals surface area contributed by atoms with Gasteiger partial charge in [-0.15, -0.1) is 24.0 Å². The number of rotatable bonds is 0. The first kappa shape index (κ1) is 41.6. The highest BCUT2D eigenvalue weighted by atomic mass is 128. The molecule has 0 heterocycles. The summed E-state index contributed by atoms with van der Waals surface area (Å²) >= 11 is 4.24. The van der Waals surface area contributed by atoms with Gasteiger partial charge < -0.3 is 0 Å². The summed E-state index contributed by atoms with van der Waals surface area (Å²) in [5, 5.41) is 0. The number of halogens is 3. The van der Waals surface area contributed by atoms with E-state index >= 15 is 0 Å². The molecule has 0 atom stereocenters. The van der Waals surface area contributed by atoms with Crippen molar-refractivity contribution in [1.29, 1.82) is 0 Å². The fraction of sp³-hybridized carbons (Fsp3) is 1.00. The summed E-state index contributed by atoms with van der Waals surface area (Å²) in [5.74, 6) is 0. The Labute approximate surface area is 82.2 Å². The van der Waals surface area contributed by atoms with Crippen molar-refractivity contribution in [3.63, 3.8) is 0 Å². The molecule has 0 spiro atoms. The number of hydrogen-bond acceptors (Lipinski definition) is 0. The first-order valence-corrected chi connectivity index (χ1v) is 6.43. The van der Waals surface area contributed by atoms with Gasteiger partial charge in [-0.25, -0.2) is 0 Å². The molecule has 0 amide bonds. The largest absolute Gasteiger partial charge is 0.107 e. The quantitative estimate of drug-likeness (QED) is 0.504. The van der Waals surface area contributed by atoms with E-state index in [1.807, 2.05) is 0 Å². The third-order valence-corrected chi connectivity index (χ3v) is 0. The van der Waals surface area contributed by atoms with Crippen molar-refractivity contribution in [3.8, 4) is 0 Å². The zero-order valence-electron chi connectivity index (χ0n) is 1.16. The molecule has 0 aliphatic carbocycles. The van der Waals surface area contributed by atoms with E-state index in [-0.39, 0.29) is 46.3 Å². The van der Waals surface area contributed by atoms with E-state index in [0.717, 1.165) is 0 Å². The Morgan fingerprint density at radius 3 is 0.667 bits per heavy atom. The van der Waals surface area contributed by atoms with Crippen LogP contribution in [0.1, 0.15) is 22.3 Å². The molecule has 3 heteroatoms. The minimum Gasteiger partial charge on any atom is -0.107 e. The van der Waals surface area contributed by atoms with Crippen LogP contribution in [0.15, 0.2) is 0 Å². The SMILES string of the molecule is C.C.C.I.II. The fourth-order valence-electron chi connectivity index (χ4n) is 0. The average molecular weight is 430 g/mol. The van der Waals surface area contributed by atoms with Crippen LogP contribution in [0.5, 0.6) is 0 Å². The standard InChI is InChI=1S/3CH4.I2.HI/c;;;1-2;/h3*1H4;;1H. The van der Waals surface area contributed by atoms with Crippen molar-refractivity contribution in [2.24, 2.45) is 0 Å². The van der Waals surface area contributed by atoms with Crippen LogP contribution >= 0.6 is 61.2 Å². The molecule has 0 aliphatic heterocycles. The summed E-state index contributed by atoms with van der Waals surface area (Å²) in [6.45, 7) is 0. The molecule has 0 unspecified atom stereocenters. The molecular weight excluding hydrogens is 417 g/mol. The lowest BCUT2D eigenvalue weighted by atomic mass is 12.0. The predicted octanol–water partition coefficient (Wildman–Crippen LogP) is 4.30. The van der Waals surface area contributed by atoms with Crippen molar-refractivity contribution in [2.75, 3.05) is 0 Å². The molecule has 0 aromatic carbocycles. The maximum absolute atomic E-state index is 2.12. The highest BCUT2D eigenvalue weighted by molar-refractivity contribution is 15.0. The molecule has 0 aromatic heterocycles. The Balaban J connectivity index is -0.000000000833. The van der Waals surface area contributed by atoms with Gasteiger partial charge >= 0.3 is 0 Å². The lowest BCUT2D eigenvalue weighted by Crippen LogP contribution is -0.114. The van der Waals surface area contributed by atoms with Gasteiger partial charge in [0, 0.05) is 37.2 Å². The lowest BCUT2D eigenvalue weighted by molar-refractivity contribution is 2.50. The van der Waals surface area contributed by atoms with Crippen LogP contribution in [0.3, 0.4) is 0 Å². The van der Waals surface area contributed by atoms with Gasteiger partial charge in [-0.1, -0.05) is 22.3 Å². The summed E-state index contributed by atoms with van der Waals surface area (Å²) in [4.78, 5) is 0. The molecule has 0 N–H and O–H groups in total. The second-order valence-corrected chi connectivity index (χ2v) is 0. The Morgan fingerprint density at radius 2 is 0.667 bits per heavy atom. The van der Waals surface area contributed by atoms with Gasteiger partial charge in [-0.2, -0.15) is 0 Å². The van der Waals surface area contributed by atoms with E-state index in [9.17, 15) is 0 Å². The van der Waals surface area contributed by atoms with Crippen LogP contribution in [0.4, 0.5) is 0 Å². The zero-order valence-corrected chi connectivity index (χ0v) is 7.81. The zero-order chi connectivity index (χ0) is 2.00. The molecule has 46 valence electrons. The molecule has 0 nitrogen and oxygen atoms in total. The summed E-state index contributed by atoms with van der Waals surface area (Å²) in [6.07, 6.45) is 0. The number of hydrogen-bond donors (Lipinski definition) is 0. The molecular formula is C3H13I3. The molecule has 0 saturated heterocycles.